The largest absolute Gasteiger partial charge is 0.481 e. The summed E-state index contributed by atoms with van der Waals surface area (Å²) in [6.45, 7) is 0.653. The molecule has 0 spiro atoms. The fourth-order valence-electron chi connectivity index (χ4n) is 3.61. The van der Waals surface area contributed by atoms with Gasteiger partial charge in [0.1, 0.15) is 5.65 Å². The summed E-state index contributed by atoms with van der Waals surface area (Å²) in [7, 11) is -3.51. The molecule has 27 heavy (non-hydrogen) atoms. The number of nitrogens with zero attached hydrogens (tertiary/aromatic N) is 4. The Morgan fingerprint density at radius 3 is 2.96 bits per heavy atom. The molecule has 0 radical (unpaired) electrons. The van der Waals surface area contributed by atoms with E-state index >= 15 is 0 Å². The lowest BCUT2D eigenvalue weighted by Gasteiger charge is -2.24. The Morgan fingerprint density at radius 1 is 1.48 bits per heavy atom. The van der Waals surface area contributed by atoms with Gasteiger partial charge in [-0.2, -0.15) is 0 Å². The van der Waals surface area contributed by atoms with Gasteiger partial charge in [-0.25, -0.2) is 13.4 Å². The van der Waals surface area contributed by atoms with Gasteiger partial charge in [0, 0.05) is 40.8 Å². The standard InChI is InChI=1S/C16H16N4O5S2/c1-27(23,24)10-4-5-17-16-13(10)15(26-11-8-25-19-18-11)14-9(7-12(21)22)3-2-6-20(14)16/h4-5,8-9H,2-3,6-7H2,1H3,(H,21,22). The SMILES string of the molecule is CS(=O)(=O)c1ccnc2c1c(Sc1conn1)c1n2CCCC1CC(=O)O. The second-order valence-electron chi connectivity index (χ2n) is 6.43. The molecule has 4 heterocycles. The predicted octanol–water partition coefficient (Wildman–Crippen LogP) is 2.33. The number of aliphatic carboxylic acids is 1. The first kappa shape index (κ1) is 18.0. The van der Waals surface area contributed by atoms with E-state index in [1.807, 2.05) is 4.57 Å². The Hall–Kier alpha value is -2.40. The van der Waals surface area contributed by atoms with Crippen LogP contribution in [0.25, 0.3) is 11.0 Å². The Morgan fingerprint density at radius 2 is 2.30 bits per heavy atom. The molecule has 3 aromatic heterocycles. The van der Waals surface area contributed by atoms with E-state index in [2.05, 4.69) is 15.4 Å². The van der Waals surface area contributed by atoms with Crippen molar-refractivity contribution in [3.8, 4) is 0 Å². The van der Waals surface area contributed by atoms with E-state index in [1.165, 1.54) is 30.3 Å². The Kier molecular flexibility index (Phi) is 4.42. The zero-order chi connectivity index (χ0) is 19.2. The minimum absolute atomic E-state index is 0.0326. The predicted molar refractivity (Wildman–Crippen MR) is 95.5 cm³/mol. The van der Waals surface area contributed by atoms with Gasteiger partial charge in [-0.15, -0.1) is 5.10 Å². The molecule has 0 aromatic carbocycles. The van der Waals surface area contributed by atoms with Crippen molar-refractivity contribution in [2.24, 2.45) is 0 Å². The molecule has 1 N–H and O–H groups in total. The molecule has 0 amide bonds. The maximum absolute atomic E-state index is 12.4. The van der Waals surface area contributed by atoms with Crippen molar-refractivity contribution < 1.29 is 22.8 Å². The number of aryl methyl sites for hydroxylation is 1. The number of fused-ring (bicyclic) bond motifs is 3. The molecule has 0 aliphatic carbocycles. The highest BCUT2D eigenvalue weighted by Gasteiger charge is 2.32. The molecule has 1 unspecified atom stereocenters. The van der Waals surface area contributed by atoms with Crippen LogP contribution in [0, 0.1) is 0 Å². The van der Waals surface area contributed by atoms with Crippen molar-refractivity contribution in [1.82, 2.24) is 19.9 Å². The minimum atomic E-state index is -3.51. The number of rotatable bonds is 5. The van der Waals surface area contributed by atoms with Gasteiger partial charge in [0.05, 0.1) is 16.7 Å². The van der Waals surface area contributed by atoms with E-state index in [9.17, 15) is 18.3 Å². The van der Waals surface area contributed by atoms with E-state index in [0.29, 0.717) is 33.9 Å². The number of pyridine rings is 1. The summed E-state index contributed by atoms with van der Waals surface area (Å²) < 4.78 is 31.5. The Bertz CT molecular complexity index is 1120. The molecule has 4 rings (SSSR count). The second kappa shape index (κ2) is 6.64. The molecule has 1 aliphatic rings. The molecule has 9 nitrogen and oxygen atoms in total. The second-order valence-corrected chi connectivity index (χ2v) is 9.44. The quantitative estimate of drug-likeness (QED) is 0.676. The Labute approximate surface area is 158 Å². The van der Waals surface area contributed by atoms with Gasteiger partial charge < -0.3 is 14.2 Å². The van der Waals surface area contributed by atoms with Gasteiger partial charge in [-0.3, -0.25) is 4.79 Å². The average molecular weight is 408 g/mol. The lowest BCUT2D eigenvalue weighted by atomic mass is 9.93. The van der Waals surface area contributed by atoms with Crippen molar-refractivity contribution in [3.05, 3.63) is 24.2 Å². The Balaban J connectivity index is 2.04. The zero-order valence-corrected chi connectivity index (χ0v) is 16.0. The van der Waals surface area contributed by atoms with Crippen molar-refractivity contribution in [3.63, 3.8) is 0 Å². The molecule has 1 aliphatic heterocycles. The smallest absolute Gasteiger partial charge is 0.304 e. The topological polar surface area (TPSA) is 128 Å². The van der Waals surface area contributed by atoms with Crippen LogP contribution in [0.4, 0.5) is 0 Å². The molecule has 3 aromatic rings. The summed E-state index contributed by atoms with van der Waals surface area (Å²) in [4.78, 5) is 16.6. The third-order valence-electron chi connectivity index (χ3n) is 4.59. The maximum atomic E-state index is 12.4. The van der Waals surface area contributed by atoms with E-state index in [1.54, 1.807) is 0 Å². The van der Waals surface area contributed by atoms with Gasteiger partial charge in [0.2, 0.25) is 0 Å². The van der Waals surface area contributed by atoms with Crippen LogP contribution in [0.15, 0.2) is 37.9 Å². The molecular formula is C16H16N4O5S2. The number of aromatic nitrogens is 4. The van der Waals surface area contributed by atoms with Gasteiger partial charge in [-0.05, 0) is 18.9 Å². The molecule has 0 saturated heterocycles. The lowest BCUT2D eigenvalue weighted by molar-refractivity contribution is -0.137. The molecule has 1 atom stereocenters. The van der Waals surface area contributed by atoms with Crippen LogP contribution in [0.2, 0.25) is 0 Å². The van der Waals surface area contributed by atoms with Gasteiger partial charge in [0.15, 0.2) is 21.1 Å². The molecule has 0 fully saturated rings. The van der Waals surface area contributed by atoms with Crippen LogP contribution in [-0.4, -0.2) is 45.7 Å². The van der Waals surface area contributed by atoms with Gasteiger partial charge >= 0.3 is 5.97 Å². The molecule has 0 saturated carbocycles. The van der Waals surface area contributed by atoms with Crippen molar-refractivity contribution in [1.29, 1.82) is 0 Å². The van der Waals surface area contributed by atoms with Crippen LogP contribution < -0.4 is 0 Å². The van der Waals surface area contributed by atoms with E-state index < -0.39 is 15.8 Å². The number of sulfone groups is 1. The van der Waals surface area contributed by atoms with Crippen molar-refractivity contribution >= 4 is 38.6 Å². The summed E-state index contributed by atoms with van der Waals surface area (Å²) in [6, 6.07) is 1.47. The first-order chi connectivity index (χ1) is 12.9. The van der Waals surface area contributed by atoms with Crippen LogP contribution in [-0.2, 0) is 21.2 Å². The third-order valence-corrected chi connectivity index (χ3v) is 6.73. The monoisotopic (exact) mass is 408 g/mol. The molecule has 11 heteroatoms. The summed E-state index contributed by atoms with van der Waals surface area (Å²) in [5, 5.41) is 17.6. The van der Waals surface area contributed by atoms with Crippen LogP contribution in [0.3, 0.4) is 0 Å². The fourth-order valence-corrected chi connectivity index (χ4v) is 5.60. The zero-order valence-electron chi connectivity index (χ0n) is 14.3. The highest BCUT2D eigenvalue weighted by Crippen LogP contribution is 2.46. The lowest BCUT2D eigenvalue weighted by Crippen LogP contribution is -2.18. The van der Waals surface area contributed by atoms with E-state index in [0.717, 1.165) is 18.4 Å². The van der Waals surface area contributed by atoms with E-state index in [-0.39, 0.29) is 17.2 Å². The third kappa shape index (κ3) is 3.21. The van der Waals surface area contributed by atoms with Crippen LogP contribution in [0.5, 0.6) is 0 Å². The van der Waals surface area contributed by atoms with Crippen molar-refractivity contribution in [2.75, 3.05) is 6.26 Å². The summed E-state index contributed by atoms with van der Waals surface area (Å²) in [5.74, 6) is -1.13. The van der Waals surface area contributed by atoms with Crippen LogP contribution in [0.1, 0.15) is 30.9 Å². The van der Waals surface area contributed by atoms with Gasteiger partial charge in [0.25, 0.3) is 0 Å². The normalized spacial score (nSPS) is 17.1. The average Bonchev–Trinajstić information content (AvgIpc) is 3.21. The highest BCUT2D eigenvalue weighted by atomic mass is 32.2. The number of carbonyl (C=O) groups is 1. The minimum Gasteiger partial charge on any atom is -0.481 e. The molecule has 0 bridgehead atoms. The number of hydrogen-bond donors (Lipinski definition) is 1. The number of carboxylic acid groups (broad SMARTS) is 1. The fraction of sp³-hybridized carbons (Fsp3) is 0.375. The summed E-state index contributed by atoms with van der Waals surface area (Å²) in [6.07, 6.45) is 5.47. The highest BCUT2D eigenvalue weighted by molar-refractivity contribution is 7.99. The maximum Gasteiger partial charge on any atom is 0.304 e. The molecule has 142 valence electrons. The first-order valence-corrected chi connectivity index (χ1v) is 10.9. The molecular weight excluding hydrogens is 392 g/mol. The van der Waals surface area contributed by atoms with E-state index in [4.69, 9.17) is 4.52 Å². The first-order valence-electron chi connectivity index (χ1n) is 8.24. The van der Waals surface area contributed by atoms with Crippen LogP contribution >= 0.6 is 11.8 Å². The number of hydrogen-bond acceptors (Lipinski definition) is 8. The number of carboxylic acids is 1. The summed E-state index contributed by atoms with van der Waals surface area (Å²) in [5.41, 5.74) is 1.33. The van der Waals surface area contributed by atoms with Gasteiger partial charge in [-0.1, -0.05) is 11.8 Å². The summed E-state index contributed by atoms with van der Waals surface area (Å²) >= 11 is 1.22. The van der Waals surface area contributed by atoms with Crippen molar-refractivity contribution in [2.45, 2.75) is 46.5 Å².